The lowest BCUT2D eigenvalue weighted by Crippen LogP contribution is -2.51. The van der Waals surface area contributed by atoms with Crippen LogP contribution in [0.2, 0.25) is 0 Å². The highest BCUT2D eigenvalue weighted by atomic mass is 19.4. The van der Waals surface area contributed by atoms with Crippen LogP contribution in [-0.4, -0.2) is 40.8 Å². The Balaban J connectivity index is 1.73. The third-order valence-corrected chi connectivity index (χ3v) is 6.26. The zero-order valence-corrected chi connectivity index (χ0v) is 15.3. The molecule has 0 radical (unpaired) electrons. The maximum absolute atomic E-state index is 13.2. The molecule has 1 unspecified atom stereocenters. The molecule has 0 aromatic heterocycles. The summed E-state index contributed by atoms with van der Waals surface area (Å²) in [4.78, 5) is 2.59. The second-order valence-electron chi connectivity index (χ2n) is 10.2. The van der Waals surface area contributed by atoms with E-state index in [2.05, 4.69) is 51.8 Å². The SMILES string of the molecule is CC(C)(C)[C@@H]1C[C@@]2(CNC3(C(F)(F)F)CC3)CC2N1C(C)(C)C. The number of nitrogens with zero attached hydrogens (tertiary/aromatic N) is 1. The first-order chi connectivity index (χ1) is 10.2. The highest BCUT2D eigenvalue weighted by Gasteiger charge is 2.70. The molecule has 3 aliphatic rings. The average Bonchev–Trinajstić information content (AvgIpc) is 3.21. The van der Waals surface area contributed by atoms with E-state index in [4.69, 9.17) is 0 Å². The molecule has 1 aliphatic heterocycles. The number of nitrogens with one attached hydrogen (secondary N) is 1. The van der Waals surface area contributed by atoms with Crippen LogP contribution in [0.15, 0.2) is 0 Å². The van der Waals surface area contributed by atoms with Gasteiger partial charge >= 0.3 is 6.18 Å². The minimum Gasteiger partial charge on any atom is -0.303 e. The van der Waals surface area contributed by atoms with Crippen molar-refractivity contribution >= 4 is 0 Å². The van der Waals surface area contributed by atoms with Gasteiger partial charge in [-0.2, -0.15) is 13.2 Å². The first-order valence-corrected chi connectivity index (χ1v) is 8.82. The predicted octanol–water partition coefficient (Wildman–Crippen LogP) is 4.35. The summed E-state index contributed by atoms with van der Waals surface area (Å²) in [6, 6.07) is 0.868. The Hall–Kier alpha value is -0.290. The number of fused-ring (bicyclic) bond motifs is 1. The molecule has 1 heterocycles. The molecular formula is C18H31F3N2. The molecule has 0 amide bonds. The Morgan fingerprint density at radius 3 is 1.91 bits per heavy atom. The maximum Gasteiger partial charge on any atom is 0.406 e. The van der Waals surface area contributed by atoms with E-state index in [1.54, 1.807) is 0 Å². The maximum atomic E-state index is 13.2. The third kappa shape index (κ3) is 2.82. The number of piperidine rings is 1. The number of hydrogen-bond acceptors (Lipinski definition) is 2. The van der Waals surface area contributed by atoms with Gasteiger partial charge in [0.15, 0.2) is 0 Å². The van der Waals surface area contributed by atoms with Crippen LogP contribution in [0.3, 0.4) is 0 Å². The fourth-order valence-corrected chi connectivity index (χ4v) is 4.59. The molecule has 0 spiro atoms. The van der Waals surface area contributed by atoms with Crippen molar-refractivity contribution in [3.8, 4) is 0 Å². The summed E-state index contributed by atoms with van der Waals surface area (Å²) >= 11 is 0. The molecule has 134 valence electrons. The van der Waals surface area contributed by atoms with Gasteiger partial charge in [-0.05, 0) is 51.9 Å². The van der Waals surface area contributed by atoms with Crippen LogP contribution in [-0.2, 0) is 0 Å². The van der Waals surface area contributed by atoms with E-state index in [-0.39, 0.29) is 29.2 Å². The zero-order valence-electron chi connectivity index (χ0n) is 15.3. The topological polar surface area (TPSA) is 15.3 Å². The van der Waals surface area contributed by atoms with Crippen molar-refractivity contribution in [1.82, 2.24) is 10.2 Å². The van der Waals surface area contributed by atoms with Crippen molar-refractivity contribution in [2.24, 2.45) is 10.8 Å². The van der Waals surface area contributed by atoms with Crippen molar-refractivity contribution in [3.05, 3.63) is 0 Å². The Bertz CT molecular complexity index is 482. The molecule has 0 bridgehead atoms. The second kappa shape index (κ2) is 4.66. The lowest BCUT2D eigenvalue weighted by Gasteiger charge is -2.45. The zero-order chi connectivity index (χ0) is 17.5. The standard InChI is InChI=1S/C18H31F3N2/c1-14(2,3)12-9-16(10-13(16)23(12)15(4,5)6)11-22-17(7-8-17)18(19,20)21/h12-13,22H,7-11H2,1-6H3/t12-,13?,16-/m0/s1. The van der Waals surface area contributed by atoms with Gasteiger partial charge in [0.05, 0.1) is 0 Å². The number of alkyl halides is 3. The highest BCUT2D eigenvalue weighted by molar-refractivity contribution is 5.22. The largest absolute Gasteiger partial charge is 0.406 e. The quantitative estimate of drug-likeness (QED) is 0.826. The van der Waals surface area contributed by atoms with Gasteiger partial charge in [-0.25, -0.2) is 0 Å². The van der Waals surface area contributed by atoms with E-state index in [0.29, 0.717) is 18.6 Å². The van der Waals surface area contributed by atoms with Crippen LogP contribution in [0.4, 0.5) is 13.2 Å². The number of hydrogen-bond donors (Lipinski definition) is 1. The molecular weight excluding hydrogens is 301 g/mol. The molecule has 2 saturated carbocycles. The average molecular weight is 332 g/mol. The van der Waals surface area contributed by atoms with Crippen LogP contribution < -0.4 is 5.32 Å². The van der Waals surface area contributed by atoms with Gasteiger partial charge in [-0.3, -0.25) is 4.90 Å². The third-order valence-electron chi connectivity index (χ3n) is 6.26. The van der Waals surface area contributed by atoms with E-state index < -0.39 is 11.7 Å². The molecule has 23 heavy (non-hydrogen) atoms. The molecule has 5 heteroatoms. The summed E-state index contributed by atoms with van der Waals surface area (Å²) in [6.07, 6.45) is -1.58. The van der Waals surface area contributed by atoms with Gasteiger partial charge in [-0.15, -0.1) is 0 Å². The van der Waals surface area contributed by atoms with E-state index in [9.17, 15) is 13.2 Å². The first-order valence-electron chi connectivity index (χ1n) is 8.82. The molecule has 0 aromatic carbocycles. The van der Waals surface area contributed by atoms with Gasteiger partial charge in [0.1, 0.15) is 5.54 Å². The minimum absolute atomic E-state index is 0.0477. The molecule has 1 saturated heterocycles. The van der Waals surface area contributed by atoms with Crippen molar-refractivity contribution in [3.63, 3.8) is 0 Å². The van der Waals surface area contributed by atoms with Gasteiger partial charge in [-0.1, -0.05) is 20.8 Å². The van der Waals surface area contributed by atoms with Crippen molar-refractivity contribution in [1.29, 1.82) is 0 Å². The summed E-state index contributed by atoms with van der Waals surface area (Å²) in [7, 11) is 0. The number of likely N-dealkylation sites (tertiary alicyclic amines) is 1. The number of halogens is 3. The summed E-state index contributed by atoms with van der Waals surface area (Å²) < 4.78 is 39.5. The van der Waals surface area contributed by atoms with Crippen molar-refractivity contribution in [2.45, 2.75) is 96.6 Å². The van der Waals surface area contributed by atoms with Gasteiger partial charge in [0, 0.05) is 29.6 Å². The summed E-state index contributed by atoms with van der Waals surface area (Å²) in [5, 5.41) is 2.93. The summed E-state index contributed by atoms with van der Waals surface area (Å²) in [6.45, 7) is 13.9. The Kier molecular flexibility index (Phi) is 3.55. The van der Waals surface area contributed by atoms with E-state index in [1.807, 2.05) is 0 Å². The van der Waals surface area contributed by atoms with Crippen LogP contribution in [0.25, 0.3) is 0 Å². The second-order valence-corrected chi connectivity index (χ2v) is 10.2. The molecule has 0 aromatic rings. The Morgan fingerprint density at radius 2 is 1.57 bits per heavy atom. The van der Waals surface area contributed by atoms with E-state index in [1.165, 1.54) is 0 Å². The lowest BCUT2D eigenvalue weighted by molar-refractivity contribution is -0.166. The van der Waals surface area contributed by atoms with Crippen LogP contribution in [0.5, 0.6) is 0 Å². The molecule has 3 fully saturated rings. The highest BCUT2D eigenvalue weighted by Crippen LogP contribution is 2.64. The monoisotopic (exact) mass is 332 g/mol. The Morgan fingerprint density at radius 1 is 1.00 bits per heavy atom. The van der Waals surface area contributed by atoms with Gasteiger partial charge in [0.2, 0.25) is 0 Å². The fraction of sp³-hybridized carbons (Fsp3) is 1.00. The van der Waals surface area contributed by atoms with Crippen molar-refractivity contribution < 1.29 is 13.2 Å². The van der Waals surface area contributed by atoms with E-state index in [0.717, 1.165) is 12.8 Å². The summed E-state index contributed by atoms with van der Waals surface area (Å²) in [5.74, 6) is 0. The number of rotatable bonds is 3. The first kappa shape index (κ1) is 17.5. The van der Waals surface area contributed by atoms with Crippen LogP contribution >= 0.6 is 0 Å². The molecule has 2 aliphatic carbocycles. The molecule has 3 rings (SSSR count). The van der Waals surface area contributed by atoms with Crippen LogP contribution in [0, 0.1) is 10.8 Å². The molecule has 1 N–H and O–H groups in total. The minimum atomic E-state index is -4.11. The predicted molar refractivity (Wildman–Crippen MR) is 86.3 cm³/mol. The Labute approximate surface area is 138 Å². The summed E-state index contributed by atoms with van der Waals surface area (Å²) in [5.41, 5.74) is -1.33. The molecule has 2 nitrogen and oxygen atoms in total. The van der Waals surface area contributed by atoms with Crippen molar-refractivity contribution in [2.75, 3.05) is 6.54 Å². The van der Waals surface area contributed by atoms with Crippen LogP contribution in [0.1, 0.15) is 67.2 Å². The fourth-order valence-electron chi connectivity index (χ4n) is 4.59. The normalized spacial score (nSPS) is 36.9. The van der Waals surface area contributed by atoms with Gasteiger partial charge in [0.25, 0.3) is 0 Å². The lowest BCUT2D eigenvalue weighted by atomic mass is 9.80. The van der Waals surface area contributed by atoms with Gasteiger partial charge < -0.3 is 5.32 Å². The smallest absolute Gasteiger partial charge is 0.303 e. The van der Waals surface area contributed by atoms with E-state index >= 15 is 0 Å². The molecule has 3 atom stereocenters.